The summed E-state index contributed by atoms with van der Waals surface area (Å²) in [5.74, 6) is -1.37. The van der Waals surface area contributed by atoms with E-state index in [0.717, 1.165) is 18.2 Å². The van der Waals surface area contributed by atoms with Gasteiger partial charge in [0.2, 0.25) is 0 Å². The maximum Gasteiger partial charge on any atom is 0.270 e. The van der Waals surface area contributed by atoms with Gasteiger partial charge in [-0.2, -0.15) is 0 Å². The number of halogens is 1. The number of nitro groups is 1. The summed E-state index contributed by atoms with van der Waals surface area (Å²) in [5.41, 5.74) is -0.762. The monoisotopic (exact) mass is 284 g/mol. The van der Waals surface area contributed by atoms with E-state index >= 15 is 0 Å². The number of nitrogens with zero attached hydrogens (tertiary/aromatic N) is 1. The molecule has 0 aromatic heterocycles. The minimum atomic E-state index is -0.839. The van der Waals surface area contributed by atoms with Crippen LogP contribution in [0.5, 0.6) is 0 Å². The summed E-state index contributed by atoms with van der Waals surface area (Å²) in [5, 5.41) is 22.3. The lowest BCUT2D eigenvalue weighted by atomic mass is 10.0. The second kappa shape index (κ2) is 6.95. The Balaban J connectivity index is 2.91. The van der Waals surface area contributed by atoms with Crippen molar-refractivity contribution >= 4 is 11.6 Å². The smallest absolute Gasteiger partial charge is 0.270 e. The first-order valence-electron chi connectivity index (χ1n) is 6.20. The van der Waals surface area contributed by atoms with Crippen molar-refractivity contribution < 1.29 is 19.2 Å². The third kappa shape index (κ3) is 4.27. The highest BCUT2D eigenvalue weighted by Crippen LogP contribution is 2.17. The van der Waals surface area contributed by atoms with Crippen molar-refractivity contribution in [3.63, 3.8) is 0 Å². The first kappa shape index (κ1) is 16.0. The van der Waals surface area contributed by atoms with Crippen LogP contribution in [0.15, 0.2) is 18.2 Å². The summed E-state index contributed by atoms with van der Waals surface area (Å²) in [6.07, 6.45) is 0.527. The molecule has 0 bridgehead atoms. The average molecular weight is 284 g/mol. The molecule has 110 valence electrons. The van der Waals surface area contributed by atoms with Crippen LogP contribution in [-0.4, -0.2) is 28.6 Å². The van der Waals surface area contributed by atoms with E-state index in [0.29, 0.717) is 6.42 Å². The van der Waals surface area contributed by atoms with Crippen molar-refractivity contribution in [1.82, 2.24) is 5.32 Å². The molecule has 2 N–H and O–H groups in total. The van der Waals surface area contributed by atoms with Crippen LogP contribution in [-0.2, 0) is 0 Å². The topological polar surface area (TPSA) is 92.5 Å². The maximum atomic E-state index is 13.6. The molecule has 1 rings (SSSR count). The average Bonchev–Trinajstić information content (AvgIpc) is 2.37. The van der Waals surface area contributed by atoms with Gasteiger partial charge in [0.05, 0.1) is 23.1 Å². The van der Waals surface area contributed by atoms with Crippen LogP contribution < -0.4 is 5.32 Å². The number of rotatable bonds is 6. The number of carbonyl (C=O) groups is 1. The van der Waals surface area contributed by atoms with Gasteiger partial charge >= 0.3 is 0 Å². The number of nitrogens with one attached hydrogen (secondary N) is 1. The van der Waals surface area contributed by atoms with Crippen molar-refractivity contribution in [3.8, 4) is 0 Å². The number of benzene rings is 1. The van der Waals surface area contributed by atoms with Gasteiger partial charge < -0.3 is 10.4 Å². The SMILES string of the molecule is CC(C)CC(CO)NC(=O)c1cc([N+](=O)[O-])ccc1F. The molecular weight excluding hydrogens is 267 g/mol. The van der Waals surface area contributed by atoms with Gasteiger partial charge in [-0.25, -0.2) is 4.39 Å². The minimum Gasteiger partial charge on any atom is -0.394 e. The highest BCUT2D eigenvalue weighted by Gasteiger charge is 2.20. The van der Waals surface area contributed by atoms with Crippen LogP contribution in [0.4, 0.5) is 10.1 Å². The van der Waals surface area contributed by atoms with Gasteiger partial charge in [0, 0.05) is 12.1 Å². The highest BCUT2D eigenvalue weighted by molar-refractivity contribution is 5.95. The van der Waals surface area contributed by atoms with E-state index < -0.39 is 28.3 Å². The normalized spacial score (nSPS) is 12.2. The van der Waals surface area contributed by atoms with Crippen molar-refractivity contribution in [2.75, 3.05) is 6.61 Å². The Bertz CT molecular complexity index is 505. The van der Waals surface area contributed by atoms with Gasteiger partial charge in [0.1, 0.15) is 5.82 Å². The summed E-state index contributed by atoms with van der Waals surface area (Å²) >= 11 is 0. The lowest BCUT2D eigenvalue weighted by molar-refractivity contribution is -0.384. The number of hydrogen-bond acceptors (Lipinski definition) is 4. The Morgan fingerprint density at radius 2 is 2.15 bits per heavy atom. The summed E-state index contributed by atoms with van der Waals surface area (Å²) < 4.78 is 13.6. The van der Waals surface area contributed by atoms with Crippen LogP contribution in [0.25, 0.3) is 0 Å². The first-order chi connectivity index (χ1) is 9.35. The van der Waals surface area contributed by atoms with Crippen molar-refractivity contribution in [2.24, 2.45) is 5.92 Å². The molecule has 6 nitrogen and oxygen atoms in total. The van der Waals surface area contributed by atoms with E-state index in [1.807, 2.05) is 13.8 Å². The first-order valence-corrected chi connectivity index (χ1v) is 6.20. The van der Waals surface area contributed by atoms with Crippen molar-refractivity contribution in [3.05, 3.63) is 39.7 Å². The van der Waals surface area contributed by atoms with Gasteiger partial charge in [-0.05, 0) is 18.4 Å². The largest absolute Gasteiger partial charge is 0.394 e. The lowest BCUT2D eigenvalue weighted by Crippen LogP contribution is -2.38. The summed E-state index contributed by atoms with van der Waals surface area (Å²) in [6.45, 7) is 3.56. The summed E-state index contributed by atoms with van der Waals surface area (Å²) in [4.78, 5) is 21.8. The molecule has 0 aliphatic rings. The van der Waals surface area contributed by atoms with Crippen LogP contribution in [0.3, 0.4) is 0 Å². The molecule has 0 saturated carbocycles. The molecule has 20 heavy (non-hydrogen) atoms. The predicted octanol–water partition coefficient (Wildman–Crippen LogP) is 1.87. The van der Waals surface area contributed by atoms with Gasteiger partial charge in [-0.3, -0.25) is 14.9 Å². The Morgan fingerprint density at radius 1 is 1.50 bits per heavy atom. The van der Waals surface area contributed by atoms with Crippen LogP contribution in [0, 0.1) is 21.8 Å². The zero-order valence-electron chi connectivity index (χ0n) is 11.3. The summed E-state index contributed by atoms with van der Waals surface area (Å²) in [6, 6.07) is 2.24. The van der Waals surface area contributed by atoms with Crippen LogP contribution in [0.1, 0.15) is 30.6 Å². The number of hydrogen-bond donors (Lipinski definition) is 2. The fraction of sp³-hybridized carbons (Fsp3) is 0.462. The zero-order chi connectivity index (χ0) is 15.3. The number of aliphatic hydroxyl groups is 1. The predicted molar refractivity (Wildman–Crippen MR) is 70.8 cm³/mol. The minimum absolute atomic E-state index is 0.238. The number of non-ortho nitro benzene ring substituents is 1. The maximum absolute atomic E-state index is 13.6. The van der Waals surface area contributed by atoms with E-state index in [1.54, 1.807) is 0 Å². The third-order valence-corrected chi connectivity index (χ3v) is 2.72. The van der Waals surface area contributed by atoms with E-state index in [2.05, 4.69) is 5.32 Å². The fourth-order valence-corrected chi connectivity index (χ4v) is 1.81. The second-order valence-corrected chi connectivity index (χ2v) is 4.90. The van der Waals surface area contributed by atoms with E-state index in [4.69, 9.17) is 5.11 Å². The quantitative estimate of drug-likeness (QED) is 0.616. The Hall–Kier alpha value is -2.02. The Labute approximate surface area is 115 Å². The summed E-state index contributed by atoms with van der Waals surface area (Å²) in [7, 11) is 0. The fourth-order valence-electron chi connectivity index (χ4n) is 1.81. The molecule has 1 atom stereocenters. The van der Waals surface area contributed by atoms with Crippen LogP contribution >= 0.6 is 0 Å². The molecular formula is C13H17FN2O4. The molecule has 0 fully saturated rings. The third-order valence-electron chi connectivity index (χ3n) is 2.72. The van der Waals surface area contributed by atoms with Crippen LogP contribution in [0.2, 0.25) is 0 Å². The highest BCUT2D eigenvalue weighted by atomic mass is 19.1. The molecule has 0 heterocycles. The molecule has 1 unspecified atom stereocenters. The molecule has 0 aliphatic carbocycles. The molecule has 7 heteroatoms. The van der Waals surface area contributed by atoms with E-state index in [9.17, 15) is 19.3 Å². The van der Waals surface area contributed by atoms with E-state index in [1.165, 1.54) is 0 Å². The molecule has 0 aliphatic heterocycles. The number of aliphatic hydroxyl groups excluding tert-OH is 1. The van der Waals surface area contributed by atoms with Gasteiger partial charge in [-0.15, -0.1) is 0 Å². The van der Waals surface area contributed by atoms with Gasteiger partial charge in [0.15, 0.2) is 0 Å². The molecule has 1 aromatic carbocycles. The standard InChI is InChI=1S/C13H17FN2O4/c1-8(2)5-9(7-17)15-13(18)11-6-10(16(19)20)3-4-12(11)14/h3-4,6,8-9,17H,5,7H2,1-2H3,(H,15,18). The molecule has 1 aromatic rings. The molecule has 1 amide bonds. The number of nitro benzene ring substituents is 1. The molecule has 0 saturated heterocycles. The second-order valence-electron chi connectivity index (χ2n) is 4.90. The van der Waals surface area contributed by atoms with Gasteiger partial charge in [0.25, 0.3) is 11.6 Å². The van der Waals surface area contributed by atoms with Crippen molar-refractivity contribution in [2.45, 2.75) is 26.3 Å². The number of carbonyl (C=O) groups excluding carboxylic acids is 1. The molecule has 0 radical (unpaired) electrons. The Morgan fingerprint density at radius 3 is 2.65 bits per heavy atom. The lowest BCUT2D eigenvalue weighted by Gasteiger charge is -2.18. The molecule has 0 spiro atoms. The number of amides is 1. The Kier molecular flexibility index (Phi) is 5.57. The zero-order valence-corrected chi connectivity index (χ0v) is 11.3. The van der Waals surface area contributed by atoms with E-state index in [-0.39, 0.29) is 18.2 Å². The van der Waals surface area contributed by atoms with Gasteiger partial charge in [-0.1, -0.05) is 13.8 Å². The van der Waals surface area contributed by atoms with Crippen molar-refractivity contribution in [1.29, 1.82) is 0 Å².